The zero-order chi connectivity index (χ0) is 21.2. The number of rotatable bonds is 13. The molecule has 160 valence electrons. The lowest BCUT2D eigenvalue weighted by Crippen LogP contribution is -2.33. The van der Waals surface area contributed by atoms with Crippen LogP contribution in [0.3, 0.4) is 0 Å². The third-order valence-corrected chi connectivity index (χ3v) is 4.87. The maximum absolute atomic E-state index is 13.3. The second kappa shape index (κ2) is 12.0. The third kappa shape index (κ3) is 8.58. The minimum absolute atomic E-state index is 0.0243. The van der Waals surface area contributed by atoms with Gasteiger partial charge in [-0.05, 0) is 12.1 Å². The molecule has 29 heavy (non-hydrogen) atoms. The summed E-state index contributed by atoms with van der Waals surface area (Å²) in [5.41, 5.74) is 0.436. The quantitative estimate of drug-likeness (QED) is 0.206. The zero-order valence-electron chi connectivity index (χ0n) is 15.9. The van der Waals surface area contributed by atoms with Gasteiger partial charge in [0, 0.05) is 38.4 Å². The van der Waals surface area contributed by atoms with Crippen LogP contribution in [-0.2, 0) is 18.5 Å². The van der Waals surface area contributed by atoms with E-state index in [-0.39, 0.29) is 29.3 Å². The van der Waals surface area contributed by atoms with Crippen LogP contribution in [0, 0.1) is 5.82 Å². The predicted molar refractivity (Wildman–Crippen MR) is 108 cm³/mol. The van der Waals surface area contributed by atoms with Gasteiger partial charge in [-0.25, -0.2) is 8.70 Å². The van der Waals surface area contributed by atoms with Gasteiger partial charge in [-0.15, -0.1) is 0 Å². The molecule has 1 saturated heterocycles. The lowest BCUT2D eigenvalue weighted by molar-refractivity contribution is -0.122. The molecule has 1 aliphatic heterocycles. The maximum Gasteiger partial charge on any atom is 0.262 e. The van der Waals surface area contributed by atoms with Gasteiger partial charge >= 0.3 is 0 Å². The van der Waals surface area contributed by atoms with E-state index in [0.717, 1.165) is 18.3 Å². The zero-order valence-corrected chi connectivity index (χ0v) is 17.5. The predicted octanol–water partition coefficient (Wildman–Crippen LogP) is 1.90. The Morgan fingerprint density at radius 1 is 1.41 bits per heavy atom. The number of carbonyl (C=O) groups is 2. The summed E-state index contributed by atoms with van der Waals surface area (Å²) in [6.07, 6.45) is 0.372. The van der Waals surface area contributed by atoms with Gasteiger partial charge in [-0.3, -0.25) is 13.8 Å². The molecule has 0 aliphatic carbocycles. The van der Waals surface area contributed by atoms with E-state index in [9.17, 15) is 14.0 Å². The molecule has 1 aromatic rings. The smallest absolute Gasteiger partial charge is 0.262 e. The maximum atomic E-state index is 13.3. The SMILES string of the molecule is C=C(CCNC(=O)C1CN1SOCCOC)NC(=O)COc1ccc(Cl)c(F)c1. The van der Waals surface area contributed by atoms with E-state index in [2.05, 4.69) is 17.2 Å². The number of carbonyl (C=O) groups excluding carboxylic acids is 2. The number of methoxy groups -OCH3 is 1. The average molecular weight is 448 g/mol. The van der Waals surface area contributed by atoms with E-state index in [1.165, 1.54) is 12.1 Å². The van der Waals surface area contributed by atoms with Crippen molar-refractivity contribution in [3.63, 3.8) is 0 Å². The van der Waals surface area contributed by atoms with Crippen molar-refractivity contribution in [2.75, 3.05) is 40.0 Å². The second-order valence-electron chi connectivity index (χ2n) is 6.06. The number of hydrogen-bond acceptors (Lipinski definition) is 7. The van der Waals surface area contributed by atoms with E-state index in [1.54, 1.807) is 11.4 Å². The van der Waals surface area contributed by atoms with E-state index in [4.69, 9.17) is 25.3 Å². The summed E-state index contributed by atoms with van der Waals surface area (Å²) in [7, 11) is 1.59. The van der Waals surface area contributed by atoms with E-state index >= 15 is 0 Å². The third-order valence-electron chi connectivity index (χ3n) is 3.69. The van der Waals surface area contributed by atoms with Crippen molar-refractivity contribution in [3.8, 4) is 5.75 Å². The number of benzene rings is 1. The molecule has 0 bridgehead atoms. The Bertz CT molecular complexity index is 739. The molecule has 2 rings (SSSR count). The monoisotopic (exact) mass is 447 g/mol. The first-order valence-corrected chi connectivity index (χ1v) is 9.86. The molecular formula is C18H23ClFN3O5S. The Labute approximate surface area is 178 Å². The molecule has 1 aliphatic rings. The van der Waals surface area contributed by atoms with Crippen molar-refractivity contribution in [2.45, 2.75) is 12.5 Å². The highest BCUT2D eigenvalue weighted by atomic mass is 35.5. The summed E-state index contributed by atoms with van der Waals surface area (Å²) >= 11 is 6.73. The van der Waals surface area contributed by atoms with Crippen molar-refractivity contribution < 1.29 is 27.6 Å². The number of ether oxygens (including phenoxy) is 2. The Morgan fingerprint density at radius 3 is 2.93 bits per heavy atom. The second-order valence-corrected chi connectivity index (χ2v) is 7.32. The van der Waals surface area contributed by atoms with Gasteiger partial charge in [0.1, 0.15) is 17.6 Å². The number of halogens is 2. The Balaban J connectivity index is 1.55. The molecule has 1 fully saturated rings. The van der Waals surface area contributed by atoms with Crippen LogP contribution in [0.15, 0.2) is 30.5 Å². The van der Waals surface area contributed by atoms with Crippen LogP contribution in [0.4, 0.5) is 4.39 Å². The fourth-order valence-electron chi connectivity index (χ4n) is 2.11. The first-order valence-electron chi connectivity index (χ1n) is 8.79. The summed E-state index contributed by atoms with van der Waals surface area (Å²) in [4.78, 5) is 23.8. The molecule has 0 radical (unpaired) electrons. The lowest BCUT2D eigenvalue weighted by atomic mass is 10.3. The average Bonchev–Trinajstić information content (AvgIpc) is 3.46. The van der Waals surface area contributed by atoms with Crippen LogP contribution in [-0.4, -0.2) is 62.2 Å². The van der Waals surface area contributed by atoms with Crippen molar-refractivity contribution in [1.29, 1.82) is 0 Å². The highest BCUT2D eigenvalue weighted by Gasteiger charge is 2.41. The molecule has 0 aromatic heterocycles. The molecule has 2 unspecified atom stereocenters. The largest absolute Gasteiger partial charge is 0.484 e. The minimum Gasteiger partial charge on any atom is -0.484 e. The molecular weight excluding hydrogens is 425 g/mol. The minimum atomic E-state index is -0.626. The fraction of sp³-hybridized carbons (Fsp3) is 0.444. The van der Waals surface area contributed by atoms with Crippen molar-refractivity contribution in [1.82, 2.24) is 14.9 Å². The molecule has 0 spiro atoms. The van der Waals surface area contributed by atoms with Crippen molar-refractivity contribution >= 4 is 35.6 Å². The molecule has 1 aromatic carbocycles. The summed E-state index contributed by atoms with van der Waals surface area (Å²) < 4.78 is 30.5. The van der Waals surface area contributed by atoms with Crippen LogP contribution >= 0.6 is 23.8 Å². The van der Waals surface area contributed by atoms with E-state index < -0.39 is 11.7 Å². The number of nitrogens with zero attached hydrogens (tertiary/aromatic N) is 1. The molecule has 1 heterocycles. The van der Waals surface area contributed by atoms with Gasteiger partial charge in [0.25, 0.3) is 5.91 Å². The molecule has 0 saturated carbocycles. The van der Waals surface area contributed by atoms with Crippen LogP contribution in [0.25, 0.3) is 0 Å². The van der Waals surface area contributed by atoms with Gasteiger partial charge in [0.15, 0.2) is 6.61 Å². The lowest BCUT2D eigenvalue weighted by Gasteiger charge is -2.10. The van der Waals surface area contributed by atoms with Crippen LogP contribution in [0.2, 0.25) is 5.02 Å². The first-order chi connectivity index (χ1) is 13.9. The Morgan fingerprint density at radius 2 is 2.21 bits per heavy atom. The number of amides is 2. The molecule has 2 amide bonds. The molecule has 2 N–H and O–H groups in total. The highest BCUT2D eigenvalue weighted by Crippen LogP contribution is 2.28. The highest BCUT2D eigenvalue weighted by molar-refractivity contribution is 7.92. The first kappa shape index (κ1) is 23.4. The van der Waals surface area contributed by atoms with Gasteiger partial charge in [0.2, 0.25) is 5.91 Å². The van der Waals surface area contributed by atoms with Crippen molar-refractivity contribution in [3.05, 3.63) is 41.3 Å². The topological polar surface area (TPSA) is 88.9 Å². The van der Waals surface area contributed by atoms with Gasteiger partial charge in [-0.1, -0.05) is 18.2 Å². The Kier molecular flexibility index (Phi) is 9.68. The summed E-state index contributed by atoms with van der Waals surface area (Å²) in [6, 6.07) is 3.68. The summed E-state index contributed by atoms with van der Waals surface area (Å²) in [5, 5.41) is 5.32. The van der Waals surface area contributed by atoms with E-state index in [0.29, 0.717) is 38.4 Å². The van der Waals surface area contributed by atoms with Gasteiger partial charge in [-0.2, -0.15) is 0 Å². The van der Waals surface area contributed by atoms with E-state index in [1.807, 2.05) is 0 Å². The summed E-state index contributed by atoms with van der Waals surface area (Å²) in [6.45, 7) is 5.33. The molecule has 8 nitrogen and oxygen atoms in total. The number of nitrogens with one attached hydrogen (secondary N) is 2. The van der Waals surface area contributed by atoms with Gasteiger partial charge < -0.3 is 20.1 Å². The van der Waals surface area contributed by atoms with Crippen LogP contribution < -0.4 is 15.4 Å². The van der Waals surface area contributed by atoms with Gasteiger partial charge in [0.05, 0.1) is 30.5 Å². The molecule has 2 atom stereocenters. The van der Waals surface area contributed by atoms with Crippen molar-refractivity contribution in [2.24, 2.45) is 0 Å². The fourth-order valence-corrected chi connectivity index (χ4v) is 2.90. The molecule has 11 heteroatoms. The number of hydrogen-bond donors (Lipinski definition) is 2. The summed E-state index contributed by atoms with van der Waals surface area (Å²) in [5.74, 6) is -0.980. The Hall–Kier alpha value is -1.85. The standard InChI is InChI=1S/C18H23ClFN3O5S/c1-12(22-17(24)11-27-13-3-4-14(19)15(20)9-13)5-6-21-18(25)16-10-23(16)29-28-8-7-26-2/h3-4,9,16H,1,5-8,10-11H2,2H3,(H,21,25)(H,22,24). The normalized spacial score (nSPS) is 17.5. The van der Waals surface area contributed by atoms with Crippen LogP contribution in [0.5, 0.6) is 5.75 Å². The van der Waals surface area contributed by atoms with Crippen LogP contribution in [0.1, 0.15) is 6.42 Å².